The fourth-order valence-corrected chi connectivity index (χ4v) is 5.96. The van der Waals surface area contributed by atoms with Crippen LogP contribution in [-0.4, -0.2) is 38.4 Å². The number of hydrogen-bond acceptors (Lipinski definition) is 5. The Labute approximate surface area is 217 Å². The quantitative estimate of drug-likeness (QED) is 0.403. The van der Waals surface area contributed by atoms with E-state index in [1.54, 1.807) is 18.3 Å². The van der Waals surface area contributed by atoms with Crippen molar-refractivity contribution >= 4 is 17.0 Å². The largest absolute Gasteiger partial charge is 0.348 e. The van der Waals surface area contributed by atoms with E-state index in [0.717, 1.165) is 29.4 Å². The minimum absolute atomic E-state index is 0.0158. The van der Waals surface area contributed by atoms with Crippen LogP contribution in [0.15, 0.2) is 47.4 Å². The lowest BCUT2D eigenvalue weighted by Crippen LogP contribution is -2.41. The van der Waals surface area contributed by atoms with E-state index in [0.29, 0.717) is 37.0 Å². The zero-order valence-corrected chi connectivity index (χ0v) is 21.8. The minimum Gasteiger partial charge on any atom is -0.348 e. The average molecular weight is 510 g/mol. The van der Waals surface area contributed by atoms with E-state index in [1.165, 1.54) is 19.3 Å². The molecule has 8 heteroatoms. The van der Waals surface area contributed by atoms with Gasteiger partial charge >= 0.3 is 0 Å². The zero-order chi connectivity index (χ0) is 26.0. The molecular weight excluding hydrogens is 472 g/mol. The summed E-state index contributed by atoms with van der Waals surface area (Å²) in [5, 5.41) is 4.23. The van der Waals surface area contributed by atoms with Crippen molar-refractivity contribution in [3.05, 3.63) is 64.1 Å². The van der Waals surface area contributed by atoms with Crippen LogP contribution in [0.4, 0.5) is 14.7 Å². The van der Waals surface area contributed by atoms with Crippen molar-refractivity contribution < 1.29 is 8.78 Å². The summed E-state index contributed by atoms with van der Waals surface area (Å²) in [6.07, 6.45) is 8.30. The molecule has 0 spiro atoms. The molecule has 2 aliphatic rings. The Hall–Kier alpha value is -2.87. The van der Waals surface area contributed by atoms with Crippen molar-refractivity contribution in [3.63, 3.8) is 0 Å². The van der Waals surface area contributed by atoms with Gasteiger partial charge < -0.3 is 5.32 Å². The highest BCUT2D eigenvalue weighted by Crippen LogP contribution is 2.33. The Balaban J connectivity index is 1.30. The van der Waals surface area contributed by atoms with Gasteiger partial charge in [0.2, 0.25) is 5.95 Å². The number of aromatic nitrogens is 3. The first-order valence-electron chi connectivity index (χ1n) is 13.6. The molecule has 198 valence electrons. The summed E-state index contributed by atoms with van der Waals surface area (Å²) >= 11 is 0. The Morgan fingerprint density at radius 2 is 1.81 bits per heavy atom. The second kappa shape index (κ2) is 10.9. The lowest BCUT2D eigenvalue weighted by atomic mass is 9.84. The maximum atomic E-state index is 13.7. The molecule has 2 fully saturated rings. The molecule has 1 aliphatic heterocycles. The second-order valence-corrected chi connectivity index (χ2v) is 10.9. The van der Waals surface area contributed by atoms with Crippen LogP contribution in [0.25, 0.3) is 11.0 Å². The SMILES string of the molecule is CC(Nc1ncc2ccc(=O)n(C(C)C3CCCCC3)c2n1)c1ccc(CN2CCCC(F)(F)C2)cc1. The van der Waals surface area contributed by atoms with E-state index in [2.05, 4.69) is 17.2 Å². The molecule has 2 unspecified atom stereocenters. The Kier molecular flexibility index (Phi) is 7.56. The zero-order valence-electron chi connectivity index (χ0n) is 21.8. The molecular formula is C29H37F2N5O. The smallest absolute Gasteiger partial charge is 0.260 e. The number of alkyl halides is 2. The summed E-state index contributed by atoms with van der Waals surface area (Å²) in [5.41, 5.74) is 2.73. The molecule has 1 N–H and O–H groups in total. The molecule has 6 nitrogen and oxygen atoms in total. The molecule has 0 bridgehead atoms. The molecule has 5 rings (SSSR count). The van der Waals surface area contributed by atoms with Gasteiger partial charge in [0.15, 0.2) is 0 Å². The molecule has 0 amide bonds. The number of benzene rings is 1. The van der Waals surface area contributed by atoms with Gasteiger partial charge in [-0.1, -0.05) is 43.5 Å². The summed E-state index contributed by atoms with van der Waals surface area (Å²) in [4.78, 5) is 24.0. The first-order valence-corrected chi connectivity index (χ1v) is 13.6. The van der Waals surface area contributed by atoms with Gasteiger partial charge in [0.25, 0.3) is 11.5 Å². The number of pyridine rings is 1. The lowest BCUT2D eigenvalue weighted by molar-refractivity contribution is -0.0661. The van der Waals surface area contributed by atoms with E-state index in [1.807, 2.05) is 40.7 Å². The van der Waals surface area contributed by atoms with E-state index in [9.17, 15) is 13.6 Å². The third-order valence-electron chi connectivity index (χ3n) is 8.11. The van der Waals surface area contributed by atoms with Gasteiger partial charge in [0.1, 0.15) is 5.65 Å². The Bertz CT molecular complexity index is 1270. The standard InChI is InChI=1S/C29H37F2N5O/c1-20(23-11-9-22(10-12-23)18-35-16-6-15-29(30,31)19-35)33-28-32-17-25-13-14-26(37)36(27(25)34-28)21(2)24-7-4-3-5-8-24/h9-14,17,20-21,24H,3-8,15-16,18-19H2,1-2H3,(H,32,33,34). The van der Waals surface area contributed by atoms with E-state index in [4.69, 9.17) is 4.98 Å². The number of nitrogens with zero attached hydrogens (tertiary/aromatic N) is 4. The minimum atomic E-state index is -2.59. The van der Waals surface area contributed by atoms with Crippen LogP contribution in [0.1, 0.15) is 82.0 Å². The highest BCUT2D eigenvalue weighted by molar-refractivity contribution is 5.75. The van der Waals surface area contributed by atoms with Gasteiger partial charge in [-0.25, -0.2) is 13.8 Å². The second-order valence-electron chi connectivity index (χ2n) is 10.9. The van der Waals surface area contributed by atoms with Gasteiger partial charge in [-0.15, -0.1) is 0 Å². The molecule has 1 aliphatic carbocycles. The first kappa shape index (κ1) is 25.8. The number of rotatable bonds is 7. The molecule has 0 radical (unpaired) electrons. The third-order valence-corrected chi connectivity index (χ3v) is 8.11. The predicted octanol–water partition coefficient (Wildman–Crippen LogP) is 6.34. The van der Waals surface area contributed by atoms with Gasteiger partial charge in [0.05, 0.1) is 12.6 Å². The molecule has 2 aromatic heterocycles. The van der Waals surface area contributed by atoms with Crippen molar-refractivity contribution in [2.75, 3.05) is 18.4 Å². The van der Waals surface area contributed by atoms with Gasteiger partial charge in [-0.2, -0.15) is 4.98 Å². The normalized spacial score (nSPS) is 20.5. The van der Waals surface area contributed by atoms with Gasteiger partial charge in [0, 0.05) is 36.7 Å². The van der Waals surface area contributed by atoms with Gasteiger partial charge in [-0.05, 0) is 62.8 Å². The van der Waals surface area contributed by atoms with E-state index < -0.39 is 5.92 Å². The topological polar surface area (TPSA) is 63.1 Å². The maximum Gasteiger partial charge on any atom is 0.260 e. The number of fused-ring (bicyclic) bond motifs is 1. The highest BCUT2D eigenvalue weighted by Gasteiger charge is 2.34. The van der Waals surface area contributed by atoms with Crippen molar-refractivity contribution in [2.24, 2.45) is 5.92 Å². The predicted molar refractivity (Wildman–Crippen MR) is 143 cm³/mol. The summed E-state index contributed by atoms with van der Waals surface area (Å²) < 4.78 is 29.3. The average Bonchev–Trinajstić information content (AvgIpc) is 2.88. The number of likely N-dealkylation sites (tertiary alicyclic amines) is 1. The van der Waals surface area contributed by atoms with E-state index in [-0.39, 0.29) is 30.6 Å². The number of nitrogens with one attached hydrogen (secondary N) is 1. The number of piperidine rings is 1. The van der Waals surface area contributed by atoms with Crippen molar-refractivity contribution in [1.29, 1.82) is 0 Å². The van der Waals surface area contributed by atoms with Crippen molar-refractivity contribution in [1.82, 2.24) is 19.4 Å². The summed E-state index contributed by atoms with van der Waals surface area (Å²) in [6.45, 7) is 5.25. The number of anilines is 1. The molecule has 3 heterocycles. The number of hydrogen-bond donors (Lipinski definition) is 1. The van der Waals surface area contributed by atoms with Crippen molar-refractivity contribution in [2.45, 2.75) is 83.3 Å². The summed E-state index contributed by atoms with van der Waals surface area (Å²) in [6, 6.07) is 11.5. The Morgan fingerprint density at radius 1 is 1.05 bits per heavy atom. The van der Waals surface area contributed by atoms with Crippen LogP contribution in [0.2, 0.25) is 0 Å². The Morgan fingerprint density at radius 3 is 2.54 bits per heavy atom. The molecule has 2 atom stereocenters. The summed E-state index contributed by atoms with van der Waals surface area (Å²) in [7, 11) is 0. The van der Waals surface area contributed by atoms with Crippen LogP contribution >= 0.6 is 0 Å². The number of halogens is 2. The first-order chi connectivity index (χ1) is 17.8. The van der Waals surface area contributed by atoms with Crippen molar-refractivity contribution in [3.8, 4) is 0 Å². The third kappa shape index (κ3) is 6.00. The lowest BCUT2D eigenvalue weighted by Gasteiger charge is -2.32. The molecule has 1 saturated carbocycles. The molecule has 1 aromatic carbocycles. The van der Waals surface area contributed by atoms with Gasteiger partial charge in [-0.3, -0.25) is 14.3 Å². The van der Waals surface area contributed by atoms with Crippen LogP contribution in [0.3, 0.4) is 0 Å². The molecule has 1 saturated heterocycles. The molecule has 3 aromatic rings. The van der Waals surface area contributed by atoms with Crippen LogP contribution in [-0.2, 0) is 6.54 Å². The van der Waals surface area contributed by atoms with Crippen LogP contribution in [0.5, 0.6) is 0 Å². The monoisotopic (exact) mass is 509 g/mol. The van der Waals surface area contributed by atoms with Crippen LogP contribution < -0.4 is 10.9 Å². The maximum absolute atomic E-state index is 13.7. The fraction of sp³-hybridized carbons (Fsp3) is 0.552. The fourth-order valence-electron chi connectivity index (χ4n) is 5.96. The summed E-state index contributed by atoms with van der Waals surface area (Å²) in [5.74, 6) is -1.62. The highest BCUT2D eigenvalue weighted by atomic mass is 19.3. The molecule has 37 heavy (non-hydrogen) atoms. The van der Waals surface area contributed by atoms with E-state index >= 15 is 0 Å². The van der Waals surface area contributed by atoms with Crippen LogP contribution in [0, 0.1) is 5.92 Å².